The Kier molecular flexibility index (Phi) is 4.59. The van der Waals surface area contributed by atoms with Crippen LogP contribution in [0, 0.1) is 0 Å². The summed E-state index contributed by atoms with van der Waals surface area (Å²) in [6.07, 6.45) is 2.88. The average Bonchev–Trinajstić information content (AvgIpc) is 2.87. The van der Waals surface area contributed by atoms with Gasteiger partial charge >= 0.3 is 0 Å². The number of benzene rings is 1. The molecule has 0 aliphatic carbocycles. The van der Waals surface area contributed by atoms with E-state index in [1.165, 1.54) is 5.69 Å². The van der Waals surface area contributed by atoms with E-state index >= 15 is 0 Å². The molecule has 2 saturated heterocycles. The van der Waals surface area contributed by atoms with Crippen molar-refractivity contribution >= 4 is 15.5 Å². The SMILES string of the molecule is COc1ccc(N2CCC(NC3CCS(=O)(=O)C3)CC2)cc1. The number of hydrogen-bond acceptors (Lipinski definition) is 5. The third-order valence-corrected chi connectivity index (χ3v) is 6.40. The molecule has 0 aromatic heterocycles. The molecule has 1 N–H and O–H groups in total. The minimum absolute atomic E-state index is 0.155. The Hall–Kier alpha value is -1.27. The molecule has 0 bridgehead atoms. The number of ether oxygens (including phenoxy) is 1. The van der Waals surface area contributed by atoms with E-state index in [4.69, 9.17) is 4.74 Å². The normalized spacial score (nSPS) is 25.3. The van der Waals surface area contributed by atoms with Crippen LogP contribution >= 0.6 is 0 Å². The van der Waals surface area contributed by atoms with Crippen molar-refractivity contribution in [3.63, 3.8) is 0 Å². The van der Waals surface area contributed by atoms with Crippen molar-refractivity contribution in [3.05, 3.63) is 24.3 Å². The minimum Gasteiger partial charge on any atom is -0.497 e. The fourth-order valence-corrected chi connectivity index (χ4v) is 5.04. The highest BCUT2D eigenvalue weighted by Gasteiger charge is 2.30. The molecule has 1 aromatic carbocycles. The highest BCUT2D eigenvalue weighted by Crippen LogP contribution is 2.23. The fourth-order valence-electron chi connectivity index (χ4n) is 3.36. The molecule has 0 saturated carbocycles. The van der Waals surface area contributed by atoms with Crippen LogP contribution in [0.1, 0.15) is 19.3 Å². The lowest BCUT2D eigenvalue weighted by atomic mass is 10.0. The van der Waals surface area contributed by atoms with Gasteiger partial charge in [-0.25, -0.2) is 8.42 Å². The molecule has 3 rings (SSSR count). The summed E-state index contributed by atoms with van der Waals surface area (Å²) in [4.78, 5) is 2.38. The highest BCUT2D eigenvalue weighted by molar-refractivity contribution is 7.91. The molecule has 0 radical (unpaired) electrons. The molecule has 5 nitrogen and oxygen atoms in total. The summed E-state index contributed by atoms with van der Waals surface area (Å²) in [5.74, 6) is 1.53. The summed E-state index contributed by atoms with van der Waals surface area (Å²) in [6.45, 7) is 2.01. The number of nitrogens with one attached hydrogen (secondary N) is 1. The summed E-state index contributed by atoms with van der Waals surface area (Å²) >= 11 is 0. The Morgan fingerprint density at radius 3 is 2.32 bits per heavy atom. The molecule has 2 heterocycles. The van der Waals surface area contributed by atoms with Gasteiger partial charge in [0.1, 0.15) is 5.75 Å². The zero-order valence-corrected chi connectivity index (χ0v) is 13.8. The number of sulfone groups is 1. The lowest BCUT2D eigenvalue weighted by molar-refractivity contribution is 0.379. The smallest absolute Gasteiger partial charge is 0.151 e. The van der Waals surface area contributed by atoms with E-state index in [1.54, 1.807) is 7.11 Å². The maximum absolute atomic E-state index is 11.5. The van der Waals surface area contributed by atoms with Crippen LogP contribution < -0.4 is 15.0 Å². The van der Waals surface area contributed by atoms with Crippen LogP contribution in [-0.4, -0.2) is 52.2 Å². The Morgan fingerprint density at radius 1 is 1.09 bits per heavy atom. The molecule has 1 aromatic rings. The van der Waals surface area contributed by atoms with Gasteiger partial charge in [-0.05, 0) is 43.5 Å². The van der Waals surface area contributed by atoms with E-state index < -0.39 is 9.84 Å². The first-order valence-corrected chi connectivity index (χ1v) is 9.73. The Bertz CT molecular complexity index is 592. The number of methoxy groups -OCH3 is 1. The van der Waals surface area contributed by atoms with Gasteiger partial charge in [-0.3, -0.25) is 0 Å². The molecule has 2 aliphatic heterocycles. The van der Waals surface area contributed by atoms with Crippen molar-refractivity contribution in [2.24, 2.45) is 0 Å². The van der Waals surface area contributed by atoms with Gasteiger partial charge in [0.2, 0.25) is 0 Å². The topological polar surface area (TPSA) is 58.6 Å². The van der Waals surface area contributed by atoms with Crippen LogP contribution in [0.5, 0.6) is 5.75 Å². The van der Waals surface area contributed by atoms with E-state index in [1.807, 2.05) is 12.1 Å². The minimum atomic E-state index is -2.79. The summed E-state index contributed by atoms with van der Waals surface area (Å²) in [7, 11) is -1.12. The second-order valence-electron chi connectivity index (χ2n) is 6.23. The summed E-state index contributed by atoms with van der Waals surface area (Å²) in [5, 5.41) is 3.54. The highest BCUT2D eigenvalue weighted by atomic mass is 32.2. The molecule has 1 atom stereocenters. The van der Waals surface area contributed by atoms with Gasteiger partial charge in [0, 0.05) is 30.9 Å². The first kappa shape index (κ1) is 15.6. The number of hydrogen-bond donors (Lipinski definition) is 1. The number of rotatable bonds is 4. The van der Waals surface area contributed by atoms with Crippen LogP contribution in [0.15, 0.2) is 24.3 Å². The molecule has 2 aliphatic rings. The van der Waals surface area contributed by atoms with Gasteiger partial charge in [0.05, 0.1) is 18.6 Å². The van der Waals surface area contributed by atoms with E-state index in [-0.39, 0.29) is 6.04 Å². The maximum Gasteiger partial charge on any atom is 0.151 e. The zero-order valence-electron chi connectivity index (χ0n) is 13.0. The summed E-state index contributed by atoms with van der Waals surface area (Å²) in [5.41, 5.74) is 1.22. The van der Waals surface area contributed by atoms with Crippen molar-refractivity contribution in [3.8, 4) is 5.75 Å². The van der Waals surface area contributed by atoms with E-state index in [0.717, 1.165) is 38.1 Å². The number of nitrogens with zero attached hydrogens (tertiary/aromatic N) is 1. The van der Waals surface area contributed by atoms with Crippen LogP contribution in [0.25, 0.3) is 0 Å². The van der Waals surface area contributed by atoms with Gasteiger partial charge in [-0.2, -0.15) is 0 Å². The summed E-state index contributed by atoms with van der Waals surface area (Å²) in [6, 6.07) is 8.76. The Labute approximate surface area is 132 Å². The van der Waals surface area contributed by atoms with Crippen molar-refractivity contribution in [2.45, 2.75) is 31.3 Å². The van der Waals surface area contributed by atoms with Gasteiger partial charge < -0.3 is 15.0 Å². The molecule has 0 spiro atoms. The first-order chi connectivity index (χ1) is 10.6. The molecule has 6 heteroatoms. The third kappa shape index (κ3) is 3.73. The second-order valence-corrected chi connectivity index (χ2v) is 8.45. The predicted molar refractivity (Wildman–Crippen MR) is 88.4 cm³/mol. The van der Waals surface area contributed by atoms with Gasteiger partial charge in [-0.15, -0.1) is 0 Å². The quantitative estimate of drug-likeness (QED) is 0.908. The van der Waals surface area contributed by atoms with Gasteiger partial charge in [-0.1, -0.05) is 0 Å². The second kappa shape index (κ2) is 6.46. The fraction of sp³-hybridized carbons (Fsp3) is 0.625. The number of anilines is 1. The van der Waals surface area contributed by atoms with Crippen LogP contribution in [0.3, 0.4) is 0 Å². The molecule has 0 amide bonds. The zero-order chi connectivity index (χ0) is 15.6. The lowest BCUT2D eigenvalue weighted by Gasteiger charge is -2.35. The molecule has 22 heavy (non-hydrogen) atoms. The molecule has 122 valence electrons. The van der Waals surface area contributed by atoms with Gasteiger partial charge in [0.25, 0.3) is 0 Å². The predicted octanol–water partition coefficient (Wildman–Crippen LogP) is 1.44. The van der Waals surface area contributed by atoms with Crippen LogP contribution in [0.4, 0.5) is 5.69 Å². The van der Waals surface area contributed by atoms with Crippen molar-refractivity contribution in [2.75, 3.05) is 36.6 Å². The van der Waals surface area contributed by atoms with Crippen molar-refractivity contribution in [1.29, 1.82) is 0 Å². The van der Waals surface area contributed by atoms with Crippen molar-refractivity contribution in [1.82, 2.24) is 5.32 Å². The third-order valence-electron chi connectivity index (χ3n) is 4.64. The Morgan fingerprint density at radius 2 is 1.77 bits per heavy atom. The monoisotopic (exact) mass is 324 g/mol. The molecule has 2 fully saturated rings. The molecular weight excluding hydrogens is 300 g/mol. The van der Waals surface area contributed by atoms with Crippen molar-refractivity contribution < 1.29 is 13.2 Å². The van der Waals surface area contributed by atoms with E-state index in [9.17, 15) is 8.42 Å². The summed E-state index contributed by atoms with van der Waals surface area (Å²) < 4.78 is 28.2. The molecular formula is C16H24N2O3S. The van der Waals surface area contributed by atoms with E-state index in [0.29, 0.717) is 17.5 Å². The maximum atomic E-state index is 11.5. The van der Waals surface area contributed by atoms with Crippen LogP contribution in [-0.2, 0) is 9.84 Å². The van der Waals surface area contributed by atoms with E-state index in [2.05, 4.69) is 22.3 Å². The largest absolute Gasteiger partial charge is 0.497 e. The number of piperidine rings is 1. The average molecular weight is 324 g/mol. The molecule has 1 unspecified atom stereocenters. The Balaban J connectivity index is 1.49. The van der Waals surface area contributed by atoms with Gasteiger partial charge in [0.15, 0.2) is 9.84 Å². The lowest BCUT2D eigenvalue weighted by Crippen LogP contribution is -2.46. The first-order valence-electron chi connectivity index (χ1n) is 7.91. The van der Waals surface area contributed by atoms with Crippen LogP contribution in [0.2, 0.25) is 0 Å². The standard InChI is InChI=1S/C16H24N2O3S/c1-21-16-4-2-15(3-5-16)18-9-6-13(7-10-18)17-14-8-11-22(19,20)12-14/h2-5,13-14,17H,6-12H2,1H3.